The Hall–Kier alpha value is -1.92. The number of rotatable bonds is 3. The molecule has 0 saturated carbocycles. The van der Waals surface area contributed by atoms with E-state index in [9.17, 15) is 9.59 Å². The number of likely N-dealkylation sites (N-methyl/N-ethyl adjacent to an activating group) is 1. The zero-order valence-electron chi connectivity index (χ0n) is 6.89. The molecule has 0 aliphatic rings. The fourth-order valence-electron chi connectivity index (χ4n) is 0.700. The van der Waals surface area contributed by atoms with Crippen molar-refractivity contribution in [3.8, 4) is 0 Å². The van der Waals surface area contributed by atoms with E-state index in [2.05, 4.69) is 15.6 Å². The summed E-state index contributed by atoms with van der Waals surface area (Å²) in [5, 5.41) is 17.6. The molecule has 0 aliphatic heterocycles. The Balaban J connectivity index is 2.69. The third kappa shape index (κ3) is 2.26. The van der Waals surface area contributed by atoms with E-state index in [0.29, 0.717) is 0 Å². The van der Waals surface area contributed by atoms with Crippen LogP contribution < -0.4 is 5.32 Å². The molecule has 0 unspecified atom stereocenters. The molecule has 0 saturated heterocycles. The first-order chi connectivity index (χ1) is 6.13. The summed E-state index contributed by atoms with van der Waals surface area (Å²) in [5.74, 6) is -1.43. The summed E-state index contributed by atoms with van der Waals surface area (Å²) in [7, 11) is 1.48. The predicted octanol–water partition coefficient (Wildman–Crippen LogP) is -1.28. The van der Waals surface area contributed by atoms with Crippen LogP contribution in [-0.2, 0) is 11.3 Å². The van der Waals surface area contributed by atoms with Crippen molar-refractivity contribution in [1.82, 2.24) is 20.3 Å². The minimum atomic E-state index is -1.16. The first kappa shape index (κ1) is 9.17. The summed E-state index contributed by atoms with van der Waals surface area (Å²) in [6.07, 6.45) is 1.19. The maximum atomic E-state index is 10.8. The van der Waals surface area contributed by atoms with Crippen LogP contribution in [-0.4, -0.2) is 39.0 Å². The minimum Gasteiger partial charge on any atom is -0.476 e. The molecule has 2 N–H and O–H groups in total. The van der Waals surface area contributed by atoms with E-state index in [4.69, 9.17) is 5.11 Å². The standard InChI is InChI=1S/C6H8N4O3/c1-7-5(11)3-10-2-4(6(12)13)8-9-10/h2H,3H2,1H3,(H,7,11)(H,12,13). The van der Waals surface area contributed by atoms with Crippen LogP contribution in [0.3, 0.4) is 0 Å². The first-order valence-corrected chi connectivity index (χ1v) is 3.47. The topological polar surface area (TPSA) is 97.1 Å². The van der Waals surface area contributed by atoms with E-state index in [0.717, 1.165) is 4.68 Å². The smallest absolute Gasteiger partial charge is 0.358 e. The Labute approximate surface area is 73.4 Å². The van der Waals surface area contributed by atoms with E-state index < -0.39 is 5.97 Å². The quantitative estimate of drug-likeness (QED) is 0.610. The molecule has 0 spiro atoms. The molecule has 7 heteroatoms. The number of nitrogens with zero attached hydrogens (tertiary/aromatic N) is 3. The Kier molecular flexibility index (Phi) is 2.58. The fourth-order valence-corrected chi connectivity index (χ4v) is 0.700. The second-order valence-corrected chi connectivity index (χ2v) is 2.28. The number of carboxylic acids is 1. The molecule has 1 rings (SSSR count). The van der Waals surface area contributed by atoms with E-state index in [-0.39, 0.29) is 18.1 Å². The largest absolute Gasteiger partial charge is 0.476 e. The Morgan fingerprint density at radius 1 is 1.69 bits per heavy atom. The summed E-state index contributed by atoms with van der Waals surface area (Å²) in [5.41, 5.74) is -0.177. The van der Waals surface area contributed by atoms with Crippen LogP contribution in [0.25, 0.3) is 0 Å². The number of amides is 1. The maximum absolute atomic E-state index is 10.8. The fraction of sp³-hybridized carbons (Fsp3) is 0.333. The van der Waals surface area contributed by atoms with Crippen molar-refractivity contribution in [1.29, 1.82) is 0 Å². The average Bonchev–Trinajstić information content (AvgIpc) is 2.52. The van der Waals surface area contributed by atoms with Crippen molar-refractivity contribution < 1.29 is 14.7 Å². The van der Waals surface area contributed by atoms with Crippen molar-refractivity contribution in [2.45, 2.75) is 6.54 Å². The van der Waals surface area contributed by atoms with Crippen molar-refractivity contribution in [3.63, 3.8) is 0 Å². The van der Waals surface area contributed by atoms with Crippen LogP contribution in [0.15, 0.2) is 6.20 Å². The molecule has 70 valence electrons. The molecule has 0 fully saturated rings. The first-order valence-electron chi connectivity index (χ1n) is 3.47. The van der Waals surface area contributed by atoms with E-state index >= 15 is 0 Å². The average molecular weight is 184 g/mol. The summed E-state index contributed by atoms with van der Waals surface area (Å²) in [6, 6.07) is 0. The predicted molar refractivity (Wildman–Crippen MR) is 41.0 cm³/mol. The van der Waals surface area contributed by atoms with Crippen LogP contribution in [0.2, 0.25) is 0 Å². The summed E-state index contributed by atoms with van der Waals surface area (Å²) >= 11 is 0. The van der Waals surface area contributed by atoms with Gasteiger partial charge in [0.15, 0.2) is 5.69 Å². The highest BCUT2D eigenvalue weighted by atomic mass is 16.4. The van der Waals surface area contributed by atoms with Crippen LogP contribution in [0.1, 0.15) is 10.5 Å². The van der Waals surface area contributed by atoms with Gasteiger partial charge in [-0.05, 0) is 0 Å². The van der Waals surface area contributed by atoms with Gasteiger partial charge in [0.05, 0.1) is 6.20 Å². The van der Waals surface area contributed by atoms with Gasteiger partial charge in [0.25, 0.3) is 0 Å². The summed E-state index contributed by atoms with van der Waals surface area (Å²) < 4.78 is 1.16. The highest BCUT2D eigenvalue weighted by molar-refractivity contribution is 5.84. The summed E-state index contributed by atoms with van der Waals surface area (Å²) in [6.45, 7) is -0.0310. The molecular weight excluding hydrogens is 176 g/mol. The Morgan fingerprint density at radius 3 is 2.85 bits per heavy atom. The third-order valence-corrected chi connectivity index (χ3v) is 1.34. The minimum absolute atomic E-state index is 0.0310. The van der Waals surface area contributed by atoms with Crippen LogP contribution >= 0.6 is 0 Å². The highest BCUT2D eigenvalue weighted by Gasteiger charge is 2.09. The molecule has 1 aromatic heterocycles. The zero-order chi connectivity index (χ0) is 9.84. The molecule has 1 aromatic rings. The maximum Gasteiger partial charge on any atom is 0.358 e. The SMILES string of the molecule is CNC(=O)Cn1cc(C(=O)O)nn1. The highest BCUT2D eigenvalue weighted by Crippen LogP contribution is 1.91. The van der Waals surface area contributed by atoms with Gasteiger partial charge in [0.2, 0.25) is 5.91 Å². The molecule has 1 heterocycles. The van der Waals surface area contributed by atoms with Gasteiger partial charge in [-0.2, -0.15) is 0 Å². The van der Waals surface area contributed by atoms with Gasteiger partial charge < -0.3 is 10.4 Å². The second-order valence-electron chi connectivity index (χ2n) is 2.28. The number of aromatic nitrogens is 3. The Bertz CT molecular complexity index is 332. The molecule has 0 aliphatic carbocycles. The van der Waals surface area contributed by atoms with Crippen molar-refractivity contribution in [2.75, 3.05) is 7.05 Å². The molecule has 0 radical (unpaired) electrons. The van der Waals surface area contributed by atoms with Gasteiger partial charge in [0.1, 0.15) is 6.54 Å². The van der Waals surface area contributed by atoms with Gasteiger partial charge in [-0.1, -0.05) is 5.21 Å². The number of hydrogen-bond donors (Lipinski definition) is 2. The number of carbonyl (C=O) groups excluding carboxylic acids is 1. The number of hydrogen-bond acceptors (Lipinski definition) is 4. The summed E-state index contributed by atoms with van der Waals surface area (Å²) in [4.78, 5) is 21.2. The molecular formula is C6H8N4O3. The number of aromatic carboxylic acids is 1. The van der Waals surface area contributed by atoms with Crippen LogP contribution in [0.5, 0.6) is 0 Å². The number of nitrogens with one attached hydrogen (secondary N) is 1. The molecule has 0 atom stereocenters. The van der Waals surface area contributed by atoms with Gasteiger partial charge in [-0.25, -0.2) is 9.48 Å². The lowest BCUT2D eigenvalue weighted by Gasteiger charge is -1.96. The van der Waals surface area contributed by atoms with Crippen LogP contribution in [0.4, 0.5) is 0 Å². The van der Waals surface area contributed by atoms with Crippen molar-refractivity contribution >= 4 is 11.9 Å². The van der Waals surface area contributed by atoms with Crippen molar-refractivity contribution in [2.24, 2.45) is 0 Å². The Morgan fingerprint density at radius 2 is 2.38 bits per heavy atom. The second kappa shape index (κ2) is 3.65. The van der Waals surface area contributed by atoms with E-state index in [1.165, 1.54) is 13.2 Å². The van der Waals surface area contributed by atoms with Crippen LogP contribution in [0, 0.1) is 0 Å². The molecule has 1 amide bonds. The molecule has 0 aromatic carbocycles. The van der Waals surface area contributed by atoms with E-state index in [1.807, 2.05) is 0 Å². The van der Waals surface area contributed by atoms with Crippen molar-refractivity contribution in [3.05, 3.63) is 11.9 Å². The lowest BCUT2D eigenvalue weighted by atomic mass is 10.5. The zero-order valence-corrected chi connectivity index (χ0v) is 6.89. The van der Waals surface area contributed by atoms with Gasteiger partial charge in [0, 0.05) is 7.05 Å². The van der Waals surface area contributed by atoms with Gasteiger partial charge >= 0.3 is 5.97 Å². The van der Waals surface area contributed by atoms with E-state index in [1.54, 1.807) is 0 Å². The normalized spacial score (nSPS) is 9.62. The number of carbonyl (C=O) groups is 2. The molecule has 0 bridgehead atoms. The monoisotopic (exact) mass is 184 g/mol. The third-order valence-electron chi connectivity index (χ3n) is 1.34. The molecule has 7 nitrogen and oxygen atoms in total. The lowest BCUT2D eigenvalue weighted by molar-refractivity contribution is -0.121. The van der Waals surface area contributed by atoms with Gasteiger partial charge in [-0.3, -0.25) is 4.79 Å². The number of carboxylic acid groups (broad SMARTS) is 1. The molecule has 13 heavy (non-hydrogen) atoms. The van der Waals surface area contributed by atoms with Gasteiger partial charge in [-0.15, -0.1) is 5.10 Å². The lowest BCUT2D eigenvalue weighted by Crippen LogP contribution is -2.23.